The zero-order chi connectivity index (χ0) is 15.5. The van der Waals surface area contributed by atoms with Crippen molar-refractivity contribution in [3.05, 3.63) is 36.0 Å². The van der Waals surface area contributed by atoms with Crippen LogP contribution >= 0.6 is 11.6 Å². The van der Waals surface area contributed by atoms with E-state index < -0.39 is 24.5 Å². The third-order valence-corrected chi connectivity index (χ3v) is 3.26. The van der Waals surface area contributed by atoms with E-state index in [1.807, 2.05) is 0 Å². The molecule has 2 rings (SSSR count). The molecule has 0 aliphatic heterocycles. The Morgan fingerprint density at radius 2 is 2.05 bits per heavy atom. The number of carbonyl (C=O) groups is 1. The van der Waals surface area contributed by atoms with Crippen molar-refractivity contribution < 1.29 is 22.7 Å². The van der Waals surface area contributed by atoms with Crippen molar-refractivity contribution in [2.24, 2.45) is 0 Å². The number of ether oxygens (including phenoxy) is 1. The van der Waals surface area contributed by atoms with Crippen LogP contribution in [0.4, 0.5) is 13.2 Å². The van der Waals surface area contributed by atoms with Crippen molar-refractivity contribution in [1.82, 2.24) is 4.98 Å². The molecule has 2 aromatic rings. The molecule has 0 spiro atoms. The van der Waals surface area contributed by atoms with Crippen LogP contribution in [0.3, 0.4) is 0 Å². The van der Waals surface area contributed by atoms with Gasteiger partial charge < -0.3 is 9.72 Å². The minimum atomic E-state index is -4.54. The minimum Gasteiger partial charge on any atom is -0.464 e. The van der Waals surface area contributed by atoms with Gasteiger partial charge in [-0.2, -0.15) is 13.2 Å². The number of rotatable bonds is 5. The maximum Gasteiger partial charge on any atom is 0.396 e. The van der Waals surface area contributed by atoms with E-state index in [-0.39, 0.29) is 18.1 Å². The first-order valence-electron chi connectivity index (χ1n) is 6.27. The Morgan fingerprint density at radius 3 is 2.71 bits per heavy atom. The number of H-pyrrole nitrogens is 1. The van der Waals surface area contributed by atoms with Crippen LogP contribution in [0, 0.1) is 0 Å². The number of alkyl halides is 4. The van der Waals surface area contributed by atoms with E-state index >= 15 is 0 Å². The summed E-state index contributed by atoms with van der Waals surface area (Å²) in [5.74, 6) is -2.77. The number of hydrogen-bond acceptors (Lipinski definition) is 2. The normalized spacial score (nSPS) is 13.3. The number of esters is 1. The molecular formula is C14H13ClF3NO2. The summed E-state index contributed by atoms with van der Waals surface area (Å²) in [7, 11) is 0. The molecule has 0 saturated carbocycles. The van der Waals surface area contributed by atoms with E-state index in [0.717, 1.165) is 0 Å². The quantitative estimate of drug-likeness (QED) is 0.669. The summed E-state index contributed by atoms with van der Waals surface area (Å²) in [5.41, 5.74) is 0.636. The first-order valence-corrected chi connectivity index (χ1v) is 6.81. The maximum absolute atomic E-state index is 13.2. The first kappa shape index (κ1) is 15.7. The summed E-state index contributed by atoms with van der Waals surface area (Å²) < 4.78 is 44.4. The zero-order valence-electron chi connectivity index (χ0n) is 10.9. The topological polar surface area (TPSA) is 42.1 Å². The highest BCUT2D eigenvalue weighted by Gasteiger charge is 2.43. The van der Waals surface area contributed by atoms with E-state index in [1.54, 1.807) is 24.3 Å². The van der Waals surface area contributed by atoms with Gasteiger partial charge in [-0.25, -0.2) is 0 Å². The number of nitrogens with one attached hydrogen (secondary N) is 1. The predicted molar refractivity (Wildman–Crippen MR) is 73.4 cm³/mol. The Bertz CT molecular complexity index is 624. The van der Waals surface area contributed by atoms with Crippen molar-refractivity contribution in [1.29, 1.82) is 0 Å². The summed E-state index contributed by atoms with van der Waals surface area (Å²) >= 11 is 5.35. The number of hydrogen-bond donors (Lipinski definition) is 1. The van der Waals surface area contributed by atoms with Crippen LogP contribution in [-0.4, -0.2) is 29.6 Å². The van der Waals surface area contributed by atoms with Gasteiger partial charge in [0.2, 0.25) is 0 Å². The third kappa shape index (κ3) is 3.69. The van der Waals surface area contributed by atoms with Crippen molar-refractivity contribution in [2.75, 3.05) is 12.5 Å². The molecule has 0 aliphatic carbocycles. The molecule has 21 heavy (non-hydrogen) atoms. The number of fused-ring (bicyclic) bond motifs is 1. The Morgan fingerprint density at radius 1 is 1.33 bits per heavy atom. The maximum atomic E-state index is 13.2. The summed E-state index contributed by atoms with van der Waals surface area (Å²) in [4.78, 5) is 14.3. The Hall–Kier alpha value is -1.69. The first-order chi connectivity index (χ1) is 9.93. The fourth-order valence-corrected chi connectivity index (χ4v) is 2.24. The number of benzene rings is 1. The monoisotopic (exact) mass is 319 g/mol. The number of halogens is 4. The molecule has 1 N–H and O–H groups in total. The lowest BCUT2D eigenvalue weighted by Gasteiger charge is -2.19. The molecule has 0 amide bonds. The molecule has 7 heteroatoms. The van der Waals surface area contributed by atoms with E-state index in [4.69, 9.17) is 11.6 Å². The average Bonchev–Trinajstić information content (AvgIpc) is 2.85. The van der Waals surface area contributed by atoms with Gasteiger partial charge in [0, 0.05) is 17.1 Å². The SMILES string of the molecule is O=C(C[C@@H](c1c[nH]c2ccccc12)C(F)(F)F)OCCCl. The van der Waals surface area contributed by atoms with Crippen molar-refractivity contribution in [2.45, 2.75) is 18.5 Å². The van der Waals surface area contributed by atoms with Crippen LogP contribution < -0.4 is 0 Å². The van der Waals surface area contributed by atoms with Gasteiger partial charge in [0.15, 0.2) is 0 Å². The summed E-state index contributed by atoms with van der Waals surface area (Å²) in [6, 6.07) is 6.64. The lowest BCUT2D eigenvalue weighted by molar-refractivity contribution is -0.165. The van der Waals surface area contributed by atoms with Crippen LogP contribution in [0.15, 0.2) is 30.5 Å². The van der Waals surface area contributed by atoms with Gasteiger partial charge in [-0.1, -0.05) is 18.2 Å². The van der Waals surface area contributed by atoms with E-state index in [0.29, 0.717) is 10.9 Å². The van der Waals surface area contributed by atoms with E-state index in [1.165, 1.54) is 6.20 Å². The fraction of sp³-hybridized carbons (Fsp3) is 0.357. The second-order valence-corrected chi connectivity index (χ2v) is 4.88. The number of carbonyl (C=O) groups excluding carboxylic acids is 1. The van der Waals surface area contributed by atoms with Crippen molar-refractivity contribution in [3.63, 3.8) is 0 Å². The summed E-state index contributed by atoms with van der Waals surface area (Å²) in [6.07, 6.45) is -4.01. The molecular weight excluding hydrogens is 307 g/mol. The highest BCUT2D eigenvalue weighted by Crippen LogP contribution is 2.40. The van der Waals surface area contributed by atoms with Crippen molar-refractivity contribution >= 4 is 28.5 Å². The molecule has 0 saturated heterocycles. The molecule has 0 aliphatic rings. The van der Waals surface area contributed by atoms with Gasteiger partial charge in [0.05, 0.1) is 18.2 Å². The third-order valence-electron chi connectivity index (χ3n) is 3.10. The molecule has 1 aromatic carbocycles. The molecule has 3 nitrogen and oxygen atoms in total. The Kier molecular flexibility index (Phi) is 4.77. The number of para-hydroxylation sites is 1. The van der Waals surface area contributed by atoms with Crippen LogP contribution in [0.2, 0.25) is 0 Å². The smallest absolute Gasteiger partial charge is 0.396 e. The lowest BCUT2D eigenvalue weighted by atomic mass is 9.94. The highest BCUT2D eigenvalue weighted by atomic mass is 35.5. The van der Waals surface area contributed by atoms with Crippen LogP contribution in [-0.2, 0) is 9.53 Å². The summed E-state index contributed by atoms with van der Waals surface area (Å²) in [5, 5.41) is 0.449. The second kappa shape index (κ2) is 6.39. The lowest BCUT2D eigenvalue weighted by Crippen LogP contribution is -2.24. The average molecular weight is 320 g/mol. The van der Waals surface area contributed by atoms with Crippen LogP contribution in [0.25, 0.3) is 10.9 Å². The minimum absolute atomic E-state index is 0.0425. The van der Waals surface area contributed by atoms with Gasteiger partial charge in [-0.15, -0.1) is 11.6 Å². The highest BCUT2D eigenvalue weighted by molar-refractivity contribution is 6.18. The predicted octanol–water partition coefficient (Wildman–Crippen LogP) is 3.99. The molecule has 0 fully saturated rings. The molecule has 0 bridgehead atoms. The largest absolute Gasteiger partial charge is 0.464 e. The number of aromatic nitrogens is 1. The van der Waals surface area contributed by atoms with E-state index in [2.05, 4.69) is 9.72 Å². The zero-order valence-corrected chi connectivity index (χ0v) is 11.7. The molecule has 1 atom stereocenters. The van der Waals surface area contributed by atoms with Gasteiger partial charge in [0.1, 0.15) is 6.61 Å². The van der Waals surface area contributed by atoms with Crippen LogP contribution in [0.5, 0.6) is 0 Å². The number of aromatic amines is 1. The standard InChI is InChI=1S/C14H13ClF3NO2/c15-5-6-21-13(20)7-11(14(16,17)18)10-8-19-12-4-2-1-3-9(10)12/h1-4,8,11,19H,5-7H2/t11-/m0/s1. The Labute approximate surface area is 124 Å². The molecule has 114 valence electrons. The fourth-order valence-electron chi connectivity index (χ4n) is 2.16. The molecule has 1 aromatic heterocycles. The molecule has 0 unspecified atom stereocenters. The van der Waals surface area contributed by atoms with Gasteiger partial charge in [-0.3, -0.25) is 4.79 Å². The van der Waals surface area contributed by atoms with Crippen LogP contribution in [0.1, 0.15) is 17.9 Å². The summed E-state index contributed by atoms with van der Waals surface area (Å²) in [6.45, 7) is -0.0984. The van der Waals surface area contributed by atoms with Gasteiger partial charge in [0.25, 0.3) is 0 Å². The van der Waals surface area contributed by atoms with Gasteiger partial charge >= 0.3 is 12.1 Å². The van der Waals surface area contributed by atoms with Crippen molar-refractivity contribution in [3.8, 4) is 0 Å². The Balaban J connectivity index is 2.30. The molecule has 1 heterocycles. The van der Waals surface area contributed by atoms with E-state index in [9.17, 15) is 18.0 Å². The van der Waals surface area contributed by atoms with Gasteiger partial charge in [-0.05, 0) is 11.6 Å². The molecule has 0 radical (unpaired) electrons. The second-order valence-electron chi connectivity index (χ2n) is 4.50.